The molecule has 0 amide bonds. The molecule has 1 atom stereocenters. The maximum Gasteiger partial charge on any atom is 0.0686 e. The van der Waals surface area contributed by atoms with Gasteiger partial charge in [0.05, 0.1) is 6.10 Å². The fourth-order valence-corrected chi connectivity index (χ4v) is 2.33. The molecule has 0 aromatic heterocycles. The minimum atomic E-state index is -0.320. The molecule has 1 aromatic carbocycles. The zero-order valence-electron chi connectivity index (χ0n) is 11.4. The third-order valence-corrected chi connectivity index (χ3v) is 3.50. The molecular formula is C14H23BrN2O. The van der Waals surface area contributed by atoms with Gasteiger partial charge in [0.2, 0.25) is 0 Å². The molecule has 1 unspecified atom stereocenters. The highest BCUT2D eigenvalue weighted by atomic mass is 79.9. The van der Waals surface area contributed by atoms with Gasteiger partial charge < -0.3 is 15.3 Å². The van der Waals surface area contributed by atoms with E-state index in [1.54, 1.807) is 6.92 Å². The van der Waals surface area contributed by atoms with Crippen molar-refractivity contribution >= 4 is 21.6 Å². The van der Waals surface area contributed by atoms with Crippen LogP contribution in [0, 0.1) is 0 Å². The van der Waals surface area contributed by atoms with Gasteiger partial charge in [0.25, 0.3) is 0 Å². The fraction of sp³-hybridized carbons (Fsp3) is 0.571. The summed E-state index contributed by atoms with van der Waals surface area (Å²) in [6.07, 6.45) is 0.826. The molecule has 0 radical (unpaired) electrons. The number of halogens is 1. The average Bonchev–Trinajstić information content (AvgIpc) is 2.30. The lowest BCUT2D eigenvalue weighted by Gasteiger charge is -2.21. The van der Waals surface area contributed by atoms with Gasteiger partial charge in [-0.25, -0.2) is 0 Å². The second-order valence-corrected chi connectivity index (χ2v) is 5.54. The van der Waals surface area contributed by atoms with Crippen molar-refractivity contribution in [1.82, 2.24) is 5.32 Å². The summed E-state index contributed by atoms with van der Waals surface area (Å²) in [6, 6.07) is 6.32. The Morgan fingerprint density at radius 3 is 2.72 bits per heavy atom. The van der Waals surface area contributed by atoms with Gasteiger partial charge in [0.15, 0.2) is 0 Å². The summed E-state index contributed by atoms with van der Waals surface area (Å²) in [5, 5.41) is 12.8. The van der Waals surface area contributed by atoms with Gasteiger partial charge in [-0.05, 0) is 37.6 Å². The van der Waals surface area contributed by atoms with E-state index in [0.29, 0.717) is 6.54 Å². The Morgan fingerprint density at radius 2 is 2.17 bits per heavy atom. The summed E-state index contributed by atoms with van der Waals surface area (Å²) in [6.45, 7) is 6.52. The topological polar surface area (TPSA) is 35.5 Å². The molecule has 102 valence electrons. The predicted molar refractivity (Wildman–Crippen MR) is 81.1 cm³/mol. The number of likely N-dealkylation sites (N-methyl/N-ethyl adjacent to an activating group) is 1. The van der Waals surface area contributed by atoms with Crippen LogP contribution in [0.25, 0.3) is 0 Å². The maximum absolute atomic E-state index is 9.39. The van der Waals surface area contributed by atoms with Crippen molar-refractivity contribution in [3.8, 4) is 0 Å². The van der Waals surface area contributed by atoms with Crippen molar-refractivity contribution in [1.29, 1.82) is 0 Å². The number of aliphatic hydroxyl groups is 1. The fourth-order valence-electron chi connectivity index (χ4n) is 1.82. The number of benzene rings is 1. The van der Waals surface area contributed by atoms with E-state index in [9.17, 15) is 5.11 Å². The molecule has 0 saturated heterocycles. The van der Waals surface area contributed by atoms with Gasteiger partial charge in [-0.3, -0.25) is 0 Å². The molecule has 2 N–H and O–H groups in total. The van der Waals surface area contributed by atoms with Gasteiger partial charge in [0.1, 0.15) is 0 Å². The number of hydrogen-bond acceptors (Lipinski definition) is 3. The van der Waals surface area contributed by atoms with Crippen LogP contribution in [-0.4, -0.2) is 31.3 Å². The number of nitrogens with zero attached hydrogens (tertiary/aromatic N) is 1. The zero-order valence-corrected chi connectivity index (χ0v) is 13.0. The highest BCUT2D eigenvalue weighted by molar-refractivity contribution is 9.10. The zero-order chi connectivity index (χ0) is 13.5. The largest absolute Gasteiger partial charge is 0.392 e. The Balaban J connectivity index is 2.66. The van der Waals surface area contributed by atoms with E-state index in [0.717, 1.165) is 29.7 Å². The van der Waals surface area contributed by atoms with Crippen molar-refractivity contribution in [2.45, 2.75) is 32.9 Å². The van der Waals surface area contributed by atoms with E-state index >= 15 is 0 Å². The average molecular weight is 315 g/mol. The summed E-state index contributed by atoms with van der Waals surface area (Å²) in [7, 11) is 1.99. The Labute approximate surface area is 118 Å². The molecule has 0 fully saturated rings. The van der Waals surface area contributed by atoms with Gasteiger partial charge in [-0.2, -0.15) is 0 Å². The van der Waals surface area contributed by atoms with Crippen LogP contribution in [0.2, 0.25) is 0 Å². The molecule has 3 nitrogen and oxygen atoms in total. The standard InChI is InChI=1S/C14H23BrN2O/c1-4-7-16-9-12-5-6-13(8-14(12)15)17(3)10-11(2)18/h5-6,8,11,16,18H,4,7,9-10H2,1-3H3. The smallest absolute Gasteiger partial charge is 0.0686 e. The first-order valence-corrected chi connectivity index (χ1v) is 7.22. The van der Waals surface area contributed by atoms with Gasteiger partial charge >= 0.3 is 0 Å². The van der Waals surface area contributed by atoms with E-state index in [1.165, 1.54) is 5.56 Å². The van der Waals surface area contributed by atoms with Crippen LogP contribution < -0.4 is 10.2 Å². The third kappa shape index (κ3) is 4.96. The van der Waals surface area contributed by atoms with Gasteiger partial charge in [0, 0.05) is 30.3 Å². The first-order valence-electron chi connectivity index (χ1n) is 6.43. The lowest BCUT2D eigenvalue weighted by Crippen LogP contribution is -2.26. The van der Waals surface area contributed by atoms with Crippen molar-refractivity contribution in [2.24, 2.45) is 0 Å². The van der Waals surface area contributed by atoms with Crippen LogP contribution in [0.3, 0.4) is 0 Å². The number of nitrogens with one attached hydrogen (secondary N) is 1. The van der Waals surface area contributed by atoms with Crippen LogP contribution >= 0.6 is 15.9 Å². The van der Waals surface area contributed by atoms with E-state index in [1.807, 2.05) is 7.05 Å². The number of hydrogen-bond donors (Lipinski definition) is 2. The van der Waals surface area contributed by atoms with Crippen molar-refractivity contribution in [2.75, 3.05) is 25.0 Å². The van der Waals surface area contributed by atoms with Crippen molar-refractivity contribution < 1.29 is 5.11 Å². The molecule has 0 aliphatic heterocycles. The summed E-state index contributed by atoms with van der Waals surface area (Å²) >= 11 is 3.60. The maximum atomic E-state index is 9.39. The number of rotatable bonds is 7. The molecule has 0 spiro atoms. The Bertz CT molecular complexity index is 369. The second kappa shape index (κ2) is 7.77. The second-order valence-electron chi connectivity index (χ2n) is 4.68. The highest BCUT2D eigenvalue weighted by Crippen LogP contribution is 2.23. The quantitative estimate of drug-likeness (QED) is 0.760. The molecule has 18 heavy (non-hydrogen) atoms. The molecule has 0 heterocycles. The molecule has 1 rings (SSSR count). The third-order valence-electron chi connectivity index (χ3n) is 2.76. The molecule has 0 aliphatic rings. The minimum absolute atomic E-state index is 0.320. The van der Waals surface area contributed by atoms with Gasteiger partial charge in [-0.1, -0.05) is 28.9 Å². The molecule has 4 heteroatoms. The monoisotopic (exact) mass is 314 g/mol. The van der Waals surface area contributed by atoms with E-state index in [-0.39, 0.29) is 6.10 Å². The lowest BCUT2D eigenvalue weighted by atomic mass is 10.2. The number of anilines is 1. The van der Waals surface area contributed by atoms with Crippen LogP contribution in [-0.2, 0) is 6.54 Å². The molecular weight excluding hydrogens is 292 g/mol. The molecule has 0 saturated carbocycles. The molecule has 0 bridgehead atoms. The summed E-state index contributed by atoms with van der Waals surface area (Å²) in [5.74, 6) is 0. The first kappa shape index (κ1) is 15.5. The van der Waals surface area contributed by atoms with Crippen LogP contribution in [0.4, 0.5) is 5.69 Å². The van der Waals surface area contributed by atoms with E-state index in [2.05, 4.69) is 51.3 Å². The Morgan fingerprint density at radius 1 is 1.44 bits per heavy atom. The number of aliphatic hydroxyl groups excluding tert-OH is 1. The van der Waals surface area contributed by atoms with E-state index in [4.69, 9.17) is 0 Å². The lowest BCUT2D eigenvalue weighted by molar-refractivity contribution is 0.201. The Hall–Kier alpha value is -0.580. The predicted octanol–water partition coefficient (Wildman–Crippen LogP) is 2.77. The van der Waals surface area contributed by atoms with Crippen LogP contribution in [0.15, 0.2) is 22.7 Å². The Kier molecular flexibility index (Phi) is 6.68. The van der Waals surface area contributed by atoms with Gasteiger partial charge in [-0.15, -0.1) is 0 Å². The molecule has 0 aliphatic carbocycles. The minimum Gasteiger partial charge on any atom is -0.392 e. The molecule has 1 aromatic rings. The SMILES string of the molecule is CCCNCc1ccc(N(C)CC(C)O)cc1Br. The normalized spacial score (nSPS) is 12.5. The highest BCUT2D eigenvalue weighted by Gasteiger charge is 2.07. The van der Waals surface area contributed by atoms with Crippen molar-refractivity contribution in [3.05, 3.63) is 28.2 Å². The summed E-state index contributed by atoms with van der Waals surface area (Å²) in [4.78, 5) is 2.05. The van der Waals surface area contributed by atoms with E-state index < -0.39 is 0 Å². The van der Waals surface area contributed by atoms with Crippen molar-refractivity contribution in [3.63, 3.8) is 0 Å². The van der Waals surface area contributed by atoms with Crippen LogP contribution in [0.1, 0.15) is 25.8 Å². The first-order chi connectivity index (χ1) is 8.54. The summed E-state index contributed by atoms with van der Waals surface area (Å²) in [5.41, 5.74) is 2.37. The van der Waals surface area contributed by atoms with Crippen LogP contribution in [0.5, 0.6) is 0 Å². The summed E-state index contributed by atoms with van der Waals surface area (Å²) < 4.78 is 1.11.